The summed E-state index contributed by atoms with van der Waals surface area (Å²) in [5.74, 6) is -0.482. The summed E-state index contributed by atoms with van der Waals surface area (Å²) >= 11 is 0. The molecule has 0 saturated carbocycles. The first-order valence-electron chi connectivity index (χ1n) is 13.0. The van der Waals surface area contributed by atoms with Gasteiger partial charge in [-0.1, -0.05) is 6.58 Å². The van der Waals surface area contributed by atoms with Crippen LogP contribution < -0.4 is 21.3 Å². The quantitative estimate of drug-likeness (QED) is 0.206. The molecule has 218 valence electrons. The molecule has 0 atom stereocenters. The van der Waals surface area contributed by atoms with E-state index in [1.54, 1.807) is 53.3 Å². The van der Waals surface area contributed by atoms with E-state index in [0.717, 1.165) is 21.4 Å². The predicted octanol–water partition coefficient (Wildman–Crippen LogP) is 3.20. The first-order valence-corrected chi connectivity index (χ1v) is 13.0. The van der Waals surface area contributed by atoms with E-state index in [1.165, 1.54) is 24.4 Å². The number of aliphatic imine (C=N–C) groups is 1. The molecule has 0 fully saturated rings. The highest BCUT2D eigenvalue weighted by molar-refractivity contribution is 6.02. The Morgan fingerprint density at radius 3 is 2.60 bits per heavy atom. The Morgan fingerprint density at radius 2 is 1.93 bits per heavy atom. The second kappa shape index (κ2) is 11.9. The molecule has 43 heavy (non-hydrogen) atoms. The smallest absolute Gasteiger partial charge is 0.352 e. The van der Waals surface area contributed by atoms with Gasteiger partial charge in [-0.3, -0.25) is 9.59 Å². The molecule has 5 rings (SSSR count). The van der Waals surface area contributed by atoms with Crippen molar-refractivity contribution < 1.29 is 13.9 Å². The number of fused-ring (bicyclic) bond motifs is 1. The van der Waals surface area contributed by atoms with Crippen LogP contribution >= 0.6 is 0 Å². The highest BCUT2D eigenvalue weighted by atomic mass is 19.1. The molecule has 0 radical (unpaired) electrons. The maximum Gasteiger partial charge on any atom is 0.352 e. The molecule has 14 heteroatoms. The average molecular weight is 584 g/mol. The maximum absolute atomic E-state index is 13.4. The molecular weight excluding hydrogens is 557 g/mol. The van der Waals surface area contributed by atoms with E-state index in [4.69, 9.17) is 4.74 Å². The number of amides is 1. The minimum atomic E-state index is -0.958. The molecule has 1 aromatic carbocycles. The van der Waals surface area contributed by atoms with Crippen LogP contribution in [0.4, 0.5) is 10.2 Å². The van der Waals surface area contributed by atoms with Crippen LogP contribution in [0.5, 0.6) is 11.5 Å². The lowest BCUT2D eigenvalue weighted by Crippen LogP contribution is -2.44. The van der Waals surface area contributed by atoms with Crippen LogP contribution in [0.25, 0.3) is 16.9 Å². The molecule has 0 saturated heterocycles. The fourth-order valence-electron chi connectivity index (χ4n) is 3.99. The van der Waals surface area contributed by atoms with Crippen molar-refractivity contribution >= 4 is 29.3 Å². The first kappa shape index (κ1) is 28.6. The van der Waals surface area contributed by atoms with Gasteiger partial charge in [-0.15, -0.1) is 0 Å². The summed E-state index contributed by atoms with van der Waals surface area (Å²) in [6.07, 6.45) is 6.45. The lowest BCUT2D eigenvalue weighted by atomic mass is 10.2. The van der Waals surface area contributed by atoms with Gasteiger partial charge in [0.25, 0.3) is 11.5 Å². The molecule has 1 amide bonds. The van der Waals surface area contributed by atoms with Crippen LogP contribution in [-0.4, -0.2) is 60.2 Å². The number of nitrogens with one attached hydrogen (secondary N) is 1. The number of ether oxygens (including phenoxy) is 1. The molecular formula is C29H26FN9O4. The van der Waals surface area contributed by atoms with Crippen molar-refractivity contribution in [2.75, 3.05) is 19.4 Å². The topological polar surface area (TPSA) is 141 Å². The number of halogens is 1. The van der Waals surface area contributed by atoms with E-state index in [2.05, 4.69) is 32.1 Å². The molecule has 1 N–H and O–H groups in total. The molecule has 0 aliphatic carbocycles. The number of hydrogen-bond donors (Lipinski definition) is 1. The number of benzene rings is 1. The zero-order chi connectivity index (χ0) is 30.7. The lowest BCUT2D eigenvalue weighted by Gasteiger charge is -2.12. The predicted molar refractivity (Wildman–Crippen MR) is 158 cm³/mol. The van der Waals surface area contributed by atoms with Crippen LogP contribution in [0.1, 0.15) is 23.0 Å². The van der Waals surface area contributed by atoms with Gasteiger partial charge in [-0.25, -0.2) is 32.9 Å². The molecule has 0 unspecified atom stereocenters. The minimum Gasteiger partial charge on any atom is -0.453 e. The highest BCUT2D eigenvalue weighted by Crippen LogP contribution is 2.29. The molecule has 13 nitrogen and oxygen atoms in total. The summed E-state index contributed by atoms with van der Waals surface area (Å²) in [5.41, 5.74) is -0.272. The third-order valence-electron chi connectivity index (χ3n) is 6.09. The number of aryl methyl sites for hydroxylation is 1. The van der Waals surface area contributed by atoms with Crippen molar-refractivity contribution in [2.45, 2.75) is 13.5 Å². The van der Waals surface area contributed by atoms with Crippen LogP contribution in [0.2, 0.25) is 0 Å². The zero-order valence-corrected chi connectivity index (χ0v) is 23.4. The molecule has 0 bridgehead atoms. The van der Waals surface area contributed by atoms with E-state index in [-0.39, 0.29) is 18.1 Å². The summed E-state index contributed by atoms with van der Waals surface area (Å²) in [5, 5.41) is 10.7. The van der Waals surface area contributed by atoms with Crippen LogP contribution in [-0.2, 0) is 6.54 Å². The van der Waals surface area contributed by atoms with Gasteiger partial charge in [0, 0.05) is 32.4 Å². The second-order valence-corrected chi connectivity index (χ2v) is 9.41. The monoisotopic (exact) mass is 583 g/mol. The maximum atomic E-state index is 13.4. The Labute approximate surface area is 243 Å². The van der Waals surface area contributed by atoms with Crippen LogP contribution in [0, 0.1) is 5.82 Å². The third kappa shape index (κ3) is 6.07. The van der Waals surface area contributed by atoms with Gasteiger partial charge < -0.3 is 15.0 Å². The molecule has 0 spiro atoms. The summed E-state index contributed by atoms with van der Waals surface area (Å²) in [4.78, 5) is 49.4. The number of aromatic nitrogens is 6. The summed E-state index contributed by atoms with van der Waals surface area (Å²) in [6.45, 7) is 5.74. The lowest BCUT2D eigenvalue weighted by molar-refractivity contribution is 0.101. The minimum absolute atomic E-state index is 0.0892. The Kier molecular flexibility index (Phi) is 7.92. The van der Waals surface area contributed by atoms with Gasteiger partial charge in [0.2, 0.25) is 5.69 Å². The van der Waals surface area contributed by atoms with E-state index in [9.17, 15) is 18.8 Å². The summed E-state index contributed by atoms with van der Waals surface area (Å²) in [6, 6.07) is 11.4. The summed E-state index contributed by atoms with van der Waals surface area (Å²) in [7, 11) is 3.70. The van der Waals surface area contributed by atoms with Gasteiger partial charge in [-0.05, 0) is 55.5 Å². The third-order valence-corrected chi connectivity index (χ3v) is 6.09. The number of carbonyl (C=O) groups excluding carboxylic acids is 1. The Balaban J connectivity index is 1.39. The Hall–Kier alpha value is -5.92. The van der Waals surface area contributed by atoms with Crippen molar-refractivity contribution in [3.05, 3.63) is 112 Å². The van der Waals surface area contributed by atoms with E-state index < -0.39 is 28.7 Å². The highest BCUT2D eigenvalue weighted by Gasteiger charge is 2.21. The van der Waals surface area contributed by atoms with Crippen LogP contribution in [0.15, 0.2) is 88.3 Å². The molecule has 5 aromatic rings. The summed E-state index contributed by atoms with van der Waals surface area (Å²) < 4.78 is 22.9. The van der Waals surface area contributed by atoms with Crippen molar-refractivity contribution in [3.63, 3.8) is 0 Å². The van der Waals surface area contributed by atoms with Crippen LogP contribution in [0.3, 0.4) is 0 Å². The Morgan fingerprint density at radius 1 is 1.16 bits per heavy atom. The molecule has 4 aromatic heterocycles. The zero-order valence-electron chi connectivity index (χ0n) is 23.4. The Bertz CT molecular complexity index is 1980. The van der Waals surface area contributed by atoms with Gasteiger partial charge in [0.1, 0.15) is 22.9 Å². The molecule has 4 heterocycles. The van der Waals surface area contributed by atoms with Gasteiger partial charge in [-0.2, -0.15) is 10.2 Å². The number of carbonyl (C=O) groups is 1. The first-order chi connectivity index (χ1) is 20.6. The van der Waals surface area contributed by atoms with Crippen molar-refractivity contribution in [2.24, 2.45) is 4.99 Å². The number of pyridine rings is 2. The molecule has 0 aliphatic rings. The number of anilines is 1. The van der Waals surface area contributed by atoms with Gasteiger partial charge >= 0.3 is 5.69 Å². The fraction of sp³-hybridized carbons (Fsp3) is 0.138. The van der Waals surface area contributed by atoms with E-state index >= 15 is 0 Å². The van der Waals surface area contributed by atoms with Crippen molar-refractivity contribution in [3.8, 4) is 17.2 Å². The van der Waals surface area contributed by atoms with Gasteiger partial charge in [0.15, 0.2) is 5.75 Å². The number of nitrogens with zero attached hydrogens (tertiary/aromatic N) is 8. The van der Waals surface area contributed by atoms with E-state index in [1.807, 2.05) is 14.1 Å². The number of rotatable bonds is 9. The SMILES string of the molecule is C=C(/N=C\N(C)C)c1cc(Oc2ccc(NC(=O)c3nn(CC)c(=O)n(-c4ccc(F)cc4)c3=O)nc2)c2ccnn2c1. The number of hydrogen-bond acceptors (Lipinski definition) is 8. The fourth-order valence-corrected chi connectivity index (χ4v) is 3.99. The largest absolute Gasteiger partial charge is 0.453 e. The van der Waals surface area contributed by atoms with Crippen molar-refractivity contribution in [1.82, 2.24) is 33.8 Å². The van der Waals surface area contributed by atoms with Crippen molar-refractivity contribution in [1.29, 1.82) is 0 Å². The van der Waals surface area contributed by atoms with Gasteiger partial charge in [0.05, 0.1) is 30.1 Å². The normalized spacial score (nSPS) is 11.2. The molecule has 0 aliphatic heterocycles. The van der Waals surface area contributed by atoms with E-state index in [0.29, 0.717) is 28.3 Å². The second-order valence-electron chi connectivity index (χ2n) is 9.41. The average Bonchev–Trinajstić information content (AvgIpc) is 3.47. The standard InChI is InChI=1S/C29H26FN9O4/c1-5-37-29(42)39(21-8-6-20(30)7-9-21)28(41)26(35-37)27(40)34-25-11-10-22(15-31-25)43-24-14-19(18(2)32-17-36(3)4)16-38-23(24)12-13-33-38/h6-17H,2,5H2,1,3-4H3,(H,31,34,40)/b32-17-.